The molecule has 7 nitrogen and oxygen atoms in total. The molecule has 2 heterocycles. The summed E-state index contributed by atoms with van der Waals surface area (Å²) >= 11 is 5.79. The molecule has 0 aliphatic carbocycles. The van der Waals surface area contributed by atoms with Gasteiger partial charge in [0.25, 0.3) is 11.8 Å². The minimum atomic E-state index is -5.04. The highest BCUT2D eigenvalue weighted by atomic mass is 35.5. The Bertz CT molecular complexity index is 1270. The van der Waals surface area contributed by atoms with Gasteiger partial charge in [0.1, 0.15) is 11.6 Å². The zero-order valence-corrected chi connectivity index (χ0v) is 16.4. The number of ether oxygens (including phenoxy) is 1. The molecule has 0 unspecified atom stereocenters. The lowest BCUT2D eigenvalue weighted by Crippen LogP contribution is -2.21. The largest absolute Gasteiger partial charge is 0.573 e. The Hall–Kier alpha value is -3.86. The molecule has 0 radical (unpaired) electrons. The first kappa shape index (κ1) is 21.4. The minimum absolute atomic E-state index is 0.00394. The Morgan fingerprint density at radius 3 is 2.56 bits per heavy atom. The number of aromatic nitrogens is 2. The van der Waals surface area contributed by atoms with Gasteiger partial charge in [0.2, 0.25) is 5.89 Å². The smallest absolute Gasteiger partial charge is 0.459 e. The van der Waals surface area contributed by atoms with Crippen molar-refractivity contribution in [2.75, 3.05) is 5.32 Å². The molecule has 12 heteroatoms. The van der Waals surface area contributed by atoms with Gasteiger partial charge in [-0.05, 0) is 48.5 Å². The molecule has 4 aromatic rings. The van der Waals surface area contributed by atoms with Crippen molar-refractivity contribution in [1.29, 1.82) is 0 Å². The number of amides is 1. The fourth-order valence-corrected chi connectivity index (χ4v) is 2.85. The van der Waals surface area contributed by atoms with Crippen molar-refractivity contribution in [3.8, 4) is 28.9 Å². The Kier molecular flexibility index (Phi) is 5.57. The van der Waals surface area contributed by atoms with E-state index in [1.807, 2.05) is 0 Å². The van der Waals surface area contributed by atoms with E-state index in [9.17, 15) is 22.4 Å². The second-order valence-electron chi connectivity index (χ2n) is 6.23. The van der Waals surface area contributed by atoms with Gasteiger partial charge in [-0.25, -0.2) is 4.39 Å². The molecule has 0 atom stereocenters. The third-order valence-corrected chi connectivity index (χ3v) is 4.27. The lowest BCUT2D eigenvalue weighted by molar-refractivity contribution is -0.274. The molecule has 0 saturated carbocycles. The van der Waals surface area contributed by atoms with Crippen molar-refractivity contribution >= 4 is 23.2 Å². The van der Waals surface area contributed by atoms with Gasteiger partial charge in [0.05, 0.1) is 17.5 Å². The van der Waals surface area contributed by atoms with Crippen LogP contribution in [-0.2, 0) is 0 Å². The number of halogens is 5. The second kappa shape index (κ2) is 8.35. The molecule has 2 aromatic carbocycles. The average molecular weight is 468 g/mol. The molecule has 4 rings (SSSR count). The zero-order chi connectivity index (χ0) is 22.9. The minimum Gasteiger partial charge on any atom is -0.459 e. The molecule has 0 aliphatic rings. The average Bonchev–Trinajstić information content (AvgIpc) is 3.41. The number of anilines is 1. The first-order valence-corrected chi connectivity index (χ1v) is 9.11. The number of hydrogen-bond donors (Lipinski definition) is 1. The summed E-state index contributed by atoms with van der Waals surface area (Å²) in [6.07, 6.45) is -3.63. The van der Waals surface area contributed by atoms with Crippen LogP contribution >= 0.6 is 11.6 Å². The Morgan fingerprint density at radius 1 is 1.06 bits per heavy atom. The van der Waals surface area contributed by atoms with Crippen molar-refractivity contribution in [3.05, 3.63) is 71.2 Å². The summed E-state index contributed by atoms with van der Waals surface area (Å²) in [7, 11) is 0. The lowest BCUT2D eigenvalue weighted by Gasteiger charge is -2.14. The van der Waals surface area contributed by atoms with E-state index in [0.29, 0.717) is 5.76 Å². The summed E-state index contributed by atoms with van der Waals surface area (Å²) in [5, 5.41) is 9.84. The third kappa shape index (κ3) is 4.72. The van der Waals surface area contributed by atoms with Gasteiger partial charge >= 0.3 is 6.36 Å². The lowest BCUT2D eigenvalue weighted by atomic mass is 10.1. The molecule has 0 aliphatic heterocycles. The molecule has 0 bridgehead atoms. The van der Waals surface area contributed by atoms with Gasteiger partial charge in [0, 0.05) is 10.6 Å². The van der Waals surface area contributed by atoms with Crippen molar-refractivity contribution in [2.24, 2.45) is 0 Å². The van der Waals surface area contributed by atoms with Gasteiger partial charge in [-0.2, -0.15) is 0 Å². The van der Waals surface area contributed by atoms with E-state index >= 15 is 0 Å². The Balaban J connectivity index is 1.62. The molecule has 32 heavy (non-hydrogen) atoms. The van der Waals surface area contributed by atoms with Crippen LogP contribution in [0.5, 0.6) is 5.75 Å². The standard InChI is InChI=1S/C20H10ClF4N3O4/c21-11-4-6-15(32-20(23,24)25)12(9-11)17(29)26-14-8-10(3-5-13(14)22)18-27-28-19(31-18)16-2-1-7-30-16/h1-9H,(H,26,29). The van der Waals surface area contributed by atoms with E-state index in [4.69, 9.17) is 20.4 Å². The molecule has 1 amide bonds. The predicted octanol–water partition coefficient (Wildman–Crippen LogP) is 5.94. The number of carbonyl (C=O) groups is 1. The fourth-order valence-electron chi connectivity index (χ4n) is 2.68. The number of rotatable bonds is 5. The zero-order valence-electron chi connectivity index (χ0n) is 15.6. The summed E-state index contributed by atoms with van der Waals surface area (Å²) in [5.74, 6) is -2.34. The van der Waals surface area contributed by atoms with E-state index < -0.39 is 29.4 Å². The van der Waals surface area contributed by atoms with Crippen LogP contribution in [0.25, 0.3) is 23.1 Å². The molecule has 0 fully saturated rings. The molecule has 164 valence electrons. The molecule has 1 N–H and O–H groups in total. The SMILES string of the molecule is O=C(Nc1cc(-c2nnc(-c3ccco3)o2)ccc1F)c1cc(Cl)ccc1OC(F)(F)F. The highest BCUT2D eigenvalue weighted by Gasteiger charge is 2.33. The summed E-state index contributed by atoms with van der Waals surface area (Å²) in [6.45, 7) is 0. The van der Waals surface area contributed by atoms with Gasteiger partial charge < -0.3 is 18.9 Å². The van der Waals surface area contributed by atoms with Crippen LogP contribution in [0, 0.1) is 5.82 Å². The first-order chi connectivity index (χ1) is 15.2. The molecule has 0 saturated heterocycles. The molecular formula is C20H10ClF4N3O4. The maximum Gasteiger partial charge on any atom is 0.573 e. The maximum absolute atomic E-state index is 14.3. The van der Waals surface area contributed by atoms with Crippen LogP contribution in [-0.4, -0.2) is 22.5 Å². The number of nitrogens with one attached hydrogen (secondary N) is 1. The summed E-state index contributed by atoms with van der Waals surface area (Å²) in [5.41, 5.74) is -0.648. The van der Waals surface area contributed by atoms with Crippen LogP contribution in [0.2, 0.25) is 5.02 Å². The topological polar surface area (TPSA) is 90.4 Å². The third-order valence-electron chi connectivity index (χ3n) is 4.03. The molecule has 0 spiro atoms. The molecular weight excluding hydrogens is 458 g/mol. The summed E-state index contributed by atoms with van der Waals surface area (Å²) < 4.78 is 66.7. The number of nitrogens with zero attached hydrogens (tertiary/aromatic N) is 2. The van der Waals surface area contributed by atoms with Gasteiger partial charge in [-0.1, -0.05) is 11.6 Å². The van der Waals surface area contributed by atoms with Crippen LogP contribution in [0.4, 0.5) is 23.2 Å². The van der Waals surface area contributed by atoms with E-state index in [1.165, 1.54) is 18.4 Å². The second-order valence-corrected chi connectivity index (χ2v) is 6.66. The van der Waals surface area contributed by atoms with Crippen LogP contribution < -0.4 is 10.1 Å². The van der Waals surface area contributed by atoms with Gasteiger partial charge in [0.15, 0.2) is 5.76 Å². The summed E-state index contributed by atoms with van der Waals surface area (Å²) in [4.78, 5) is 12.6. The summed E-state index contributed by atoms with van der Waals surface area (Å²) in [6, 6.07) is 9.71. The van der Waals surface area contributed by atoms with Crippen molar-refractivity contribution in [3.63, 3.8) is 0 Å². The highest BCUT2D eigenvalue weighted by Crippen LogP contribution is 2.31. The van der Waals surface area contributed by atoms with Crippen molar-refractivity contribution in [2.45, 2.75) is 6.36 Å². The van der Waals surface area contributed by atoms with Gasteiger partial charge in [-0.15, -0.1) is 23.4 Å². The monoisotopic (exact) mass is 467 g/mol. The first-order valence-electron chi connectivity index (χ1n) is 8.73. The predicted molar refractivity (Wildman–Crippen MR) is 103 cm³/mol. The number of hydrogen-bond acceptors (Lipinski definition) is 6. The van der Waals surface area contributed by atoms with E-state index in [1.54, 1.807) is 12.1 Å². The highest BCUT2D eigenvalue weighted by molar-refractivity contribution is 6.31. The van der Waals surface area contributed by atoms with E-state index in [-0.39, 0.29) is 28.1 Å². The number of benzene rings is 2. The van der Waals surface area contributed by atoms with Crippen LogP contribution in [0.15, 0.2) is 63.6 Å². The quantitative estimate of drug-likeness (QED) is 0.365. The normalized spacial score (nSPS) is 11.4. The van der Waals surface area contributed by atoms with E-state index in [0.717, 1.165) is 24.3 Å². The van der Waals surface area contributed by atoms with E-state index in [2.05, 4.69) is 20.3 Å². The fraction of sp³-hybridized carbons (Fsp3) is 0.0500. The number of furan rings is 1. The van der Waals surface area contributed by atoms with Crippen molar-refractivity contribution in [1.82, 2.24) is 10.2 Å². The Labute approximate surface area is 181 Å². The maximum atomic E-state index is 14.3. The van der Waals surface area contributed by atoms with Crippen molar-refractivity contribution < 1.29 is 35.9 Å². The van der Waals surface area contributed by atoms with Gasteiger partial charge in [-0.3, -0.25) is 4.79 Å². The Morgan fingerprint density at radius 2 is 1.84 bits per heavy atom. The number of alkyl halides is 3. The van der Waals surface area contributed by atoms with Crippen LogP contribution in [0.3, 0.4) is 0 Å². The van der Waals surface area contributed by atoms with Crippen LogP contribution in [0.1, 0.15) is 10.4 Å². The number of carbonyl (C=O) groups excluding carboxylic acids is 1. The molecule has 2 aromatic heterocycles.